The van der Waals surface area contributed by atoms with Crippen LogP contribution in [-0.2, 0) is 22.8 Å². The van der Waals surface area contributed by atoms with Gasteiger partial charge in [0.15, 0.2) is 10.9 Å². The monoisotopic (exact) mass is 474 g/mol. The van der Waals surface area contributed by atoms with Crippen LogP contribution in [0.1, 0.15) is 41.1 Å². The molecule has 1 aromatic carbocycles. The average molecular weight is 475 g/mol. The van der Waals surface area contributed by atoms with Crippen LogP contribution in [-0.4, -0.2) is 41.3 Å². The number of hydrogen-bond acceptors (Lipinski definition) is 6. The van der Waals surface area contributed by atoms with Crippen LogP contribution < -0.4 is 5.32 Å². The van der Waals surface area contributed by atoms with Crippen LogP contribution in [0.5, 0.6) is 0 Å². The number of carbonyl (C=O) groups is 1. The normalized spacial score (nSPS) is 15.1. The molecule has 0 unspecified atom stereocenters. The molecule has 8 nitrogen and oxygen atoms in total. The van der Waals surface area contributed by atoms with Gasteiger partial charge in [0.05, 0.1) is 10.6 Å². The van der Waals surface area contributed by atoms with Crippen LogP contribution in [0.25, 0.3) is 0 Å². The Balaban J connectivity index is 1.45. The van der Waals surface area contributed by atoms with Crippen molar-refractivity contribution in [2.45, 2.75) is 42.0 Å². The molecule has 3 heterocycles. The Hall–Kier alpha value is -2.56. The summed E-state index contributed by atoms with van der Waals surface area (Å²) in [5.41, 5.74) is 1.07. The van der Waals surface area contributed by atoms with Gasteiger partial charge in [-0.1, -0.05) is 24.2 Å². The van der Waals surface area contributed by atoms with Crippen molar-refractivity contribution in [3.63, 3.8) is 0 Å². The fourth-order valence-electron chi connectivity index (χ4n) is 3.60. The molecule has 0 saturated carbocycles. The second-order valence-electron chi connectivity index (χ2n) is 7.77. The summed E-state index contributed by atoms with van der Waals surface area (Å²) in [5, 5.41) is 3.61. The highest BCUT2D eigenvalue weighted by Gasteiger charge is 2.27. The number of thioether (sulfide) groups is 1. The zero-order chi connectivity index (χ0) is 22.7. The predicted octanol–water partition coefficient (Wildman–Crippen LogP) is 4.04. The second kappa shape index (κ2) is 9.51. The highest BCUT2D eigenvalue weighted by atomic mass is 32.2. The van der Waals surface area contributed by atoms with Crippen LogP contribution >= 0.6 is 11.8 Å². The van der Waals surface area contributed by atoms with E-state index < -0.39 is 15.9 Å². The van der Waals surface area contributed by atoms with Gasteiger partial charge >= 0.3 is 0 Å². The Morgan fingerprint density at radius 3 is 2.69 bits per heavy atom. The summed E-state index contributed by atoms with van der Waals surface area (Å²) in [6.45, 7) is 2.83. The van der Waals surface area contributed by atoms with E-state index in [0.29, 0.717) is 35.9 Å². The Bertz CT molecular complexity index is 1210. The molecular weight excluding hydrogens is 448 g/mol. The number of nitrogens with zero attached hydrogens (tertiary/aromatic N) is 3. The van der Waals surface area contributed by atoms with Crippen LogP contribution in [0.4, 0.5) is 5.69 Å². The van der Waals surface area contributed by atoms with Crippen molar-refractivity contribution in [3.8, 4) is 0 Å². The lowest BCUT2D eigenvalue weighted by molar-refractivity contribution is 0.0995. The van der Waals surface area contributed by atoms with Crippen LogP contribution in [0, 0.1) is 6.92 Å². The van der Waals surface area contributed by atoms with E-state index in [1.165, 1.54) is 22.1 Å². The molecule has 3 aromatic rings. The average Bonchev–Trinajstić information content (AvgIpc) is 3.43. The number of nitrogens with one attached hydrogen (secondary N) is 1. The molecule has 170 valence electrons. The zero-order valence-corrected chi connectivity index (χ0v) is 19.7. The molecule has 0 aliphatic carbocycles. The minimum absolute atomic E-state index is 0.168. The van der Waals surface area contributed by atoms with Crippen molar-refractivity contribution >= 4 is 33.4 Å². The van der Waals surface area contributed by atoms with E-state index in [1.54, 1.807) is 37.4 Å². The van der Waals surface area contributed by atoms with Gasteiger partial charge < -0.3 is 14.3 Å². The lowest BCUT2D eigenvalue weighted by Crippen LogP contribution is -2.36. The summed E-state index contributed by atoms with van der Waals surface area (Å²) in [6.07, 6.45) is 6.38. The molecule has 32 heavy (non-hydrogen) atoms. The Kier molecular flexibility index (Phi) is 6.73. The topological polar surface area (TPSA) is 97.4 Å². The molecule has 1 aliphatic rings. The first kappa shape index (κ1) is 22.6. The molecule has 1 saturated heterocycles. The largest absolute Gasteiger partial charge is 0.455 e. The van der Waals surface area contributed by atoms with E-state index in [0.717, 1.165) is 24.4 Å². The summed E-state index contributed by atoms with van der Waals surface area (Å²) in [5.74, 6) is 0.936. The summed E-state index contributed by atoms with van der Waals surface area (Å²) < 4.78 is 35.3. The van der Waals surface area contributed by atoms with Gasteiger partial charge in [0.25, 0.3) is 5.91 Å². The van der Waals surface area contributed by atoms with E-state index in [4.69, 9.17) is 4.42 Å². The smallest absolute Gasteiger partial charge is 0.291 e. The molecular formula is C22H26N4O4S2. The number of carbonyl (C=O) groups excluding carboxylic acids is 1. The first-order valence-electron chi connectivity index (χ1n) is 10.5. The van der Waals surface area contributed by atoms with Gasteiger partial charge in [0.2, 0.25) is 10.0 Å². The number of sulfonamides is 1. The molecule has 1 N–H and O–H groups in total. The Labute approximate surface area is 192 Å². The maximum Gasteiger partial charge on any atom is 0.291 e. The Morgan fingerprint density at radius 1 is 1.19 bits per heavy atom. The van der Waals surface area contributed by atoms with Crippen molar-refractivity contribution in [2.24, 2.45) is 7.05 Å². The third kappa shape index (κ3) is 4.92. The molecule has 1 aliphatic heterocycles. The number of benzene rings is 1. The lowest BCUT2D eigenvalue weighted by Gasteiger charge is -2.26. The van der Waals surface area contributed by atoms with Gasteiger partial charge in [-0.15, -0.1) is 0 Å². The molecule has 4 rings (SSSR count). The standard InChI is InChI=1S/C22H26N4O4S2/c1-16-6-7-17(14-20(16)32(28,29)26-11-4-3-5-12-26)24-21(27)19-9-8-18(30-19)15-31-22-23-10-13-25(22)2/h6-10,13-14H,3-5,11-12,15H2,1-2H3,(H,24,27). The quantitative estimate of drug-likeness (QED) is 0.519. The van der Waals surface area contributed by atoms with E-state index in [9.17, 15) is 13.2 Å². The number of imidazole rings is 1. The van der Waals surface area contributed by atoms with Crippen LogP contribution in [0.3, 0.4) is 0 Å². The van der Waals surface area contributed by atoms with Gasteiger partial charge in [-0.3, -0.25) is 4.79 Å². The fraction of sp³-hybridized carbons (Fsp3) is 0.364. The summed E-state index contributed by atoms with van der Waals surface area (Å²) in [6, 6.07) is 8.31. The number of anilines is 1. The number of rotatable bonds is 7. The highest BCUT2D eigenvalue weighted by molar-refractivity contribution is 7.98. The maximum atomic E-state index is 13.1. The van der Waals surface area contributed by atoms with Gasteiger partial charge in [-0.25, -0.2) is 13.4 Å². The van der Waals surface area contributed by atoms with Crippen LogP contribution in [0.2, 0.25) is 0 Å². The molecule has 0 radical (unpaired) electrons. The van der Waals surface area contributed by atoms with Crippen molar-refractivity contribution < 1.29 is 17.6 Å². The van der Waals surface area contributed by atoms with Crippen molar-refractivity contribution in [2.75, 3.05) is 18.4 Å². The SMILES string of the molecule is Cc1ccc(NC(=O)c2ccc(CSc3nccn3C)o2)cc1S(=O)(=O)N1CCCCC1. The fourth-order valence-corrected chi connectivity index (χ4v) is 6.19. The van der Waals surface area contributed by atoms with Gasteiger partial charge in [0, 0.05) is 38.2 Å². The first-order chi connectivity index (χ1) is 15.3. The molecule has 10 heteroatoms. The Morgan fingerprint density at radius 2 is 1.97 bits per heavy atom. The molecule has 0 bridgehead atoms. The third-order valence-electron chi connectivity index (χ3n) is 5.38. The van der Waals surface area contributed by atoms with Crippen molar-refractivity contribution in [3.05, 3.63) is 59.8 Å². The summed E-state index contributed by atoms with van der Waals surface area (Å²) >= 11 is 1.51. The minimum Gasteiger partial charge on any atom is -0.455 e. The third-order valence-corrected chi connectivity index (χ3v) is 8.51. The number of furan rings is 1. The lowest BCUT2D eigenvalue weighted by atomic mass is 10.2. The molecule has 1 fully saturated rings. The van der Waals surface area contributed by atoms with E-state index >= 15 is 0 Å². The van der Waals surface area contributed by atoms with Gasteiger partial charge in [0.1, 0.15) is 5.76 Å². The van der Waals surface area contributed by atoms with E-state index in [-0.39, 0.29) is 10.7 Å². The maximum absolute atomic E-state index is 13.1. The zero-order valence-electron chi connectivity index (χ0n) is 18.1. The van der Waals surface area contributed by atoms with Gasteiger partial charge in [-0.2, -0.15) is 4.31 Å². The van der Waals surface area contributed by atoms with Crippen molar-refractivity contribution in [1.82, 2.24) is 13.9 Å². The number of aryl methyl sites for hydroxylation is 2. The first-order valence-corrected chi connectivity index (χ1v) is 12.9. The highest BCUT2D eigenvalue weighted by Crippen LogP contribution is 2.27. The molecule has 0 spiro atoms. The van der Waals surface area contributed by atoms with Gasteiger partial charge in [-0.05, 0) is 49.6 Å². The minimum atomic E-state index is -3.60. The summed E-state index contributed by atoms with van der Waals surface area (Å²) in [7, 11) is -1.68. The van der Waals surface area contributed by atoms with Crippen molar-refractivity contribution in [1.29, 1.82) is 0 Å². The number of hydrogen-bond donors (Lipinski definition) is 1. The molecule has 2 aromatic heterocycles. The molecule has 1 amide bonds. The number of piperidine rings is 1. The molecule has 0 atom stereocenters. The summed E-state index contributed by atoms with van der Waals surface area (Å²) in [4.78, 5) is 17.1. The second-order valence-corrected chi connectivity index (χ2v) is 10.6. The van der Waals surface area contributed by atoms with E-state index in [1.807, 2.05) is 17.8 Å². The number of amides is 1. The van der Waals surface area contributed by atoms with E-state index in [2.05, 4.69) is 10.3 Å². The number of aromatic nitrogens is 2. The van der Waals surface area contributed by atoms with Crippen LogP contribution in [0.15, 0.2) is 57.2 Å². The predicted molar refractivity (Wildman–Crippen MR) is 123 cm³/mol.